The number of carbonyl (C=O) groups excluding carboxylic acids is 3. The first kappa shape index (κ1) is 17.9. The van der Waals surface area contributed by atoms with E-state index in [-0.39, 0.29) is 16.5 Å². The Morgan fingerprint density at radius 3 is 2.29 bits per heavy atom. The number of fused-ring (bicyclic) bond motifs is 1. The fraction of sp³-hybridized carbons (Fsp3) is 0.0455. The van der Waals surface area contributed by atoms with Gasteiger partial charge in [0.15, 0.2) is 5.78 Å². The van der Waals surface area contributed by atoms with Crippen LogP contribution >= 0.6 is 11.6 Å². The van der Waals surface area contributed by atoms with Crippen molar-refractivity contribution in [2.45, 2.75) is 6.92 Å². The first-order chi connectivity index (χ1) is 13.5. The lowest BCUT2D eigenvalue weighted by atomic mass is 10.1. The molecule has 0 saturated heterocycles. The van der Waals surface area contributed by atoms with Crippen molar-refractivity contribution < 1.29 is 14.4 Å². The predicted octanol–water partition coefficient (Wildman–Crippen LogP) is 4.48. The van der Waals surface area contributed by atoms with Gasteiger partial charge in [0.05, 0.1) is 5.69 Å². The summed E-state index contributed by atoms with van der Waals surface area (Å²) in [6.45, 7) is 1.48. The smallest absolute Gasteiger partial charge is 0.283 e. The molecule has 1 heterocycles. The van der Waals surface area contributed by atoms with E-state index in [4.69, 9.17) is 11.6 Å². The van der Waals surface area contributed by atoms with E-state index in [1.165, 1.54) is 6.92 Å². The molecule has 0 aliphatic carbocycles. The van der Waals surface area contributed by atoms with Crippen LogP contribution in [0.1, 0.15) is 17.3 Å². The second kappa shape index (κ2) is 6.94. The number of hydrogen-bond donors (Lipinski definition) is 1. The van der Waals surface area contributed by atoms with Crippen molar-refractivity contribution in [2.24, 2.45) is 0 Å². The van der Waals surface area contributed by atoms with Crippen molar-refractivity contribution in [1.82, 2.24) is 0 Å². The van der Waals surface area contributed by atoms with Gasteiger partial charge in [-0.3, -0.25) is 14.4 Å². The normalized spacial score (nSPS) is 14.1. The Labute approximate surface area is 166 Å². The predicted molar refractivity (Wildman–Crippen MR) is 109 cm³/mol. The molecule has 2 amide bonds. The van der Waals surface area contributed by atoms with Gasteiger partial charge >= 0.3 is 0 Å². The summed E-state index contributed by atoms with van der Waals surface area (Å²) in [5, 5.41) is 4.43. The molecule has 0 unspecified atom stereocenters. The van der Waals surface area contributed by atoms with Gasteiger partial charge in [0.1, 0.15) is 10.7 Å². The van der Waals surface area contributed by atoms with Gasteiger partial charge in [-0.25, -0.2) is 4.90 Å². The van der Waals surface area contributed by atoms with E-state index in [0.29, 0.717) is 16.9 Å². The van der Waals surface area contributed by atoms with E-state index < -0.39 is 11.8 Å². The van der Waals surface area contributed by atoms with Crippen LogP contribution in [0.5, 0.6) is 0 Å². The van der Waals surface area contributed by atoms with Crippen LogP contribution in [0.4, 0.5) is 11.4 Å². The number of ketones is 1. The number of hydrogen-bond acceptors (Lipinski definition) is 4. The van der Waals surface area contributed by atoms with Gasteiger partial charge in [-0.2, -0.15) is 0 Å². The maximum atomic E-state index is 13.0. The first-order valence-electron chi connectivity index (χ1n) is 8.61. The number of nitrogens with zero attached hydrogens (tertiary/aromatic N) is 1. The standard InChI is InChI=1S/C22H15ClN2O3/c1-13(26)14-9-11-16(12-10-14)24-20-19(23)21(27)25(22(20)28)18-8-4-6-15-5-2-3-7-17(15)18/h2-12,24H,1H3. The van der Waals surface area contributed by atoms with Crippen LogP contribution in [0.3, 0.4) is 0 Å². The quantitative estimate of drug-likeness (QED) is 0.527. The lowest BCUT2D eigenvalue weighted by molar-refractivity contribution is -0.120. The monoisotopic (exact) mass is 390 g/mol. The van der Waals surface area contributed by atoms with E-state index in [1.807, 2.05) is 30.3 Å². The third-order valence-electron chi connectivity index (χ3n) is 4.60. The number of rotatable bonds is 4. The minimum Gasteiger partial charge on any atom is -0.350 e. The van der Waals surface area contributed by atoms with Crippen LogP contribution in [-0.2, 0) is 9.59 Å². The van der Waals surface area contributed by atoms with Crippen molar-refractivity contribution >= 4 is 51.3 Å². The number of benzene rings is 3. The molecular weight excluding hydrogens is 376 g/mol. The van der Waals surface area contributed by atoms with Gasteiger partial charge in [-0.15, -0.1) is 0 Å². The molecule has 1 aliphatic rings. The second-order valence-corrected chi connectivity index (χ2v) is 6.77. The molecule has 138 valence electrons. The third kappa shape index (κ3) is 2.96. The summed E-state index contributed by atoms with van der Waals surface area (Å²) in [6.07, 6.45) is 0. The molecule has 1 aliphatic heterocycles. The van der Waals surface area contributed by atoms with Gasteiger partial charge < -0.3 is 5.32 Å². The molecule has 0 atom stereocenters. The number of imide groups is 1. The number of anilines is 2. The molecule has 3 aromatic carbocycles. The topological polar surface area (TPSA) is 66.5 Å². The van der Waals surface area contributed by atoms with Gasteiger partial charge in [-0.1, -0.05) is 48.0 Å². The van der Waals surface area contributed by atoms with E-state index >= 15 is 0 Å². The molecule has 0 radical (unpaired) electrons. The van der Waals surface area contributed by atoms with Crippen LogP contribution in [0.2, 0.25) is 0 Å². The van der Waals surface area contributed by atoms with Crippen LogP contribution in [0.25, 0.3) is 10.8 Å². The van der Waals surface area contributed by atoms with Crippen LogP contribution in [0.15, 0.2) is 77.5 Å². The Morgan fingerprint density at radius 1 is 0.893 bits per heavy atom. The van der Waals surface area contributed by atoms with Crippen molar-refractivity contribution in [1.29, 1.82) is 0 Å². The average Bonchev–Trinajstić information content (AvgIpc) is 2.91. The molecule has 3 aromatic rings. The molecule has 1 N–H and O–H groups in total. The van der Waals surface area contributed by atoms with Crippen molar-refractivity contribution in [3.63, 3.8) is 0 Å². The highest BCUT2D eigenvalue weighted by molar-refractivity contribution is 6.53. The van der Waals surface area contributed by atoms with Gasteiger partial charge in [0.2, 0.25) is 0 Å². The Kier molecular flexibility index (Phi) is 4.45. The van der Waals surface area contributed by atoms with Crippen molar-refractivity contribution in [3.8, 4) is 0 Å². The van der Waals surface area contributed by atoms with E-state index in [1.54, 1.807) is 36.4 Å². The summed E-state index contributed by atoms with van der Waals surface area (Å²) in [6, 6.07) is 19.5. The molecule has 5 nitrogen and oxygen atoms in total. The highest BCUT2D eigenvalue weighted by Gasteiger charge is 2.39. The lowest BCUT2D eigenvalue weighted by Gasteiger charge is -2.17. The lowest BCUT2D eigenvalue weighted by Crippen LogP contribution is -2.32. The highest BCUT2D eigenvalue weighted by atomic mass is 35.5. The SMILES string of the molecule is CC(=O)c1ccc(NC2=C(Cl)C(=O)N(c3cccc4ccccc34)C2=O)cc1. The van der Waals surface area contributed by atoms with Crippen LogP contribution in [-0.4, -0.2) is 17.6 Å². The Morgan fingerprint density at radius 2 is 1.57 bits per heavy atom. The van der Waals surface area contributed by atoms with E-state index in [2.05, 4.69) is 5.32 Å². The summed E-state index contributed by atoms with van der Waals surface area (Å²) in [5.74, 6) is -1.16. The minimum atomic E-state index is -0.578. The fourth-order valence-electron chi connectivity index (χ4n) is 3.17. The number of Topliss-reactive ketones (excluding diaryl/α,β-unsaturated/α-hetero) is 1. The maximum Gasteiger partial charge on any atom is 0.283 e. The molecule has 0 spiro atoms. The van der Waals surface area contributed by atoms with Gasteiger partial charge in [0.25, 0.3) is 11.8 Å². The summed E-state index contributed by atoms with van der Waals surface area (Å²) < 4.78 is 0. The second-order valence-electron chi connectivity index (χ2n) is 6.39. The zero-order chi connectivity index (χ0) is 19.8. The van der Waals surface area contributed by atoms with Crippen molar-refractivity contribution in [2.75, 3.05) is 10.2 Å². The Balaban J connectivity index is 1.68. The molecule has 6 heteroatoms. The molecule has 0 fully saturated rings. The molecular formula is C22H15ClN2O3. The van der Waals surface area contributed by atoms with Crippen molar-refractivity contribution in [3.05, 3.63) is 83.0 Å². The van der Waals surface area contributed by atoms with Crippen LogP contribution < -0.4 is 10.2 Å². The number of halogens is 1. The zero-order valence-electron chi connectivity index (χ0n) is 14.9. The maximum absolute atomic E-state index is 13.0. The van der Waals surface area contributed by atoms with Crippen LogP contribution in [0, 0.1) is 0 Å². The molecule has 28 heavy (non-hydrogen) atoms. The number of carbonyl (C=O) groups is 3. The molecule has 0 bridgehead atoms. The Bertz CT molecular complexity index is 1160. The average molecular weight is 391 g/mol. The number of nitrogens with one attached hydrogen (secondary N) is 1. The molecule has 0 saturated carbocycles. The summed E-state index contributed by atoms with van der Waals surface area (Å²) >= 11 is 6.20. The summed E-state index contributed by atoms with van der Waals surface area (Å²) in [5.41, 5.74) is 1.60. The van der Waals surface area contributed by atoms with Gasteiger partial charge in [0, 0.05) is 16.6 Å². The molecule has 0 aromatic heterocycles. The summed E-state index contributed by atoms with van der Waals surface area (Å²) in [7, 11) is 0. The zero-order valence-corrected chi connectivity index (χ0v) is 15.7. The summed E-state index contributed by atoms with van der Waals surface area (Å²) in [4.78, 5) is 38.2. The molecule has 4 rings (SSSR count). The van der Waals surface area contributed by atoms with E-state index in [0.717, 1.165) is 15.7 Å². The first-order valence-corrected chi connectivity index (χ1v) is 8.99. The largest absolute Gasteiger partial charge is 0.350 e. The Hall–Kier alpha value is -3.44. The number of amides is 2. The fourth-order valence-corrected chi connectivity index (χ4v) is 3.38. The third-order valence-corrected chi connectivity index (χ3v) is 4.95. The highest BCUT2D eigenvalue weighted by Crippen LogP contribution is 2.34. The minimum absolute atomic E-state index is 0.00942. The van der Waals surface area contributed by atoms with Gasteiger partial charge in [-0.05, 0) is 42.6 Å². The van der Waals surface area contributed by atoms with E-state index in [9.17, 15) is 14.4 Å².